The van der Waals surface area contributed by atoms with Gasteiger partial charge in [-0.05, 0) is 45.6 Å². The lowest BCUT2D eigenvalue weighted by Crippen LogP contribution is -2.59. The first kappa shape index (κ1) is 15.3. The van der Waals surface area contributed by atoms with Crippen molar-refractivity contribution < 1.29 is 0 Å². The predicted octanol–water partition coefficient (Wildman–Crippen LogP) is 2.04. The molecule has 0 amide bonds. The van der Waals surface area contributed by atoms with Crippen molar-refractivity contribution in [3.63, 3.8) is 0 Å². The van der Waals surface area contributed by atoms with Gasteiger partial charge in [0.1, 0.15) is 0 Å². The Labute approximate surface area is 119 Å². The van der Waals surface area contributed by atoms with Gasteiger partial charge in [-0.1, -0.05) is 13.8 Å². The Morgan fingerprint density at radius 1 is 1.11 bits per heavy atom. The average molecular weight is 267 g/mol. The summed E-state index contributed by atoms with van der Waals surface area (Å²) in [6, 6.07) is 0.777. The second-order valence-electron chi connectivity index (χ2n) is 7.66. The van der Waals surface area contributed by atoms with E-state index < -0.39 is 0 Å². The Balaban J connectivity index is 1.70. The molecule has 0 aromatic carbocycles. The van der Waals surface area contributed by atoms with Gasteiger partial charge >= 0.3 is 0 Å². The summed E-state index contributed by atoms with van der Waals surface area (Å²) in [4.78, 5) is 5.08. The molecular weight excluding hydrogens is 234 g/mol. The van der Waals surface area contributed by atoms with E-state index in [4.69, 9.17) is 0 Å². The number of piperazine rings is 1. The van der Waals surface area contributed by atoms with E-state index in [1.807, 2.05) is 0 Å². The van der Waals surface area contributed by atoms with E-state index in [1.54, 1.807) is 0 Å². The smallest absolute Gasteiger partial charge is 0.0278 e. The van der Waals surface area contributed by atoms with Crippen LogP contribution in [0.2, 0.25) is 0 Å². The number of hydrogen-bond acceptors (Lipinski definition) is 3. The van der Waals surface area contributed by atoms with Crippen LogP contribution in [0.5, 0.6) is 0 Å². The topological polar surface area (TPSA) is 18.5 Å². The number of rotatable bonds is 5. The molecule has 0 atom stereocenters. The highest BCUT2D eigenvalue weighted by atomic mass is 15.3. The van der Waals surface area contributed by atoms with Crippen molar-refractivity contribution in [3.05, 3.63) is 0 Å². The normalized spacial score (nSPS) is 30.6. The van der Waals surface area contributed by atoms with Crippen LogP contribution in [0, 0.1) is 11.8 Å². The minimum absolute atomic E-state index is 0.296. The van der Waals surface area contributed by atoms with Crippen molar-refractivity contribution in [2.75, 3.05) is 39.8 Å². The third kappa shape index (κ3) is 3.93. The summed E-state index contributed by atoms with van der Waals surface area (Å²) < 4.78 is 0. The third-order valence-electron chi connectivity index (χ3n) is 5.30. The SMILES string of the molecule is CC(C)C1CC(NCC(C)(C)N2CCN(C)CC2)C1. The highest BCUT2D eigenvalue weighted by molar-refractivity contribution is 4.92. The van der Waals surface area contributed by atoms with Crippen LogP contribution in [0.15, 0.2) is 0 Å². The Hall–Kier alpha value is -0.120. The largest absolute Gasteiger partial charge is 0.312 e. The second kappa shape index (κ2) is 6.11. The lowest BCUT2D eigenvalue weighted by atomic mass is 9.73. The molecule has 0 unspecified atom stereocenters. The summed E-state index contributed by atoms with van der Waals surface area (Å²) in [6.07, 6.45) is 2.77. The zero-order valence-corrected chi connectivity index (χ0v) is 13.6. The van der Waals surface area contributed by atoms with E-state index in [0.29, 0.717) is 5.54 Å². The molecule has 3 heteroatoms. The molecule has 1 N–H and O–H groups in total. The van der Waals surface area contributed by atoms with Gasteiger partial charge in [-0.2, -0.15) is 0 Å². The van der Waals surface area contributed by atoms with E-state index in [2.05, 4.69) is 49.9 Å². The molecular formula is C16H33N3. The van der Waals surface area contributed by atoms with Gasteiger partial charge in [-0.15, -0.1) is 0 Å². The van der Waals surface area contributed by atoms with Crippen molar-refractivity contribution >= 4 is 0 Å². The minimum atomic E-state index is 0.296. The zero-order chi connectivity index (χ0) is 14.0. The zero-order valence-electron chi connectivity index (χ0n) is 13.6. The molecule has 1 saturated carbocycles. The molecule has 1 saturated heterocycles. The van der Waals surface area contributed by atoms with Crippen molar-refractivity contribution in [1.29, 1.82) is 0 Å². The van der Waals surface area contributed by atoms with E-state index in [9.17, 15) is 0 Å². The van der Waals surface area contributed by atoms with Crippen LogP contribution in [0.3, 0.4) is 0 Å². The second-order valence-corrected chi connectivity index (χ2v) is 7.66. The quantitative estimate of drug-likeness (QED) is 0.822. The standard InChI is InChI=1S/C16H33N3/c1-13(2)14-10-15(11-14)17-12-16(3,4)19-8-6-18(5)7-9-19/h13-15,17H,6-12H2,1-5H3. The fraction of sp³-hybridized carbons (Fsp3) is 1.00. The van der Waals surface area contributed by atoms with Gasteiger partial charge in [0.25, 0.3) is 0 Å². The van der Waals surface area contributed by atoms with E-state index in [0.717, 1.165) is 24.4 Å². The maximum atomic E-state index is 3.80. The van der Waals surface area contributed by atoms with Crippen molar-refractivity contribution in [3.8, 4) is 0 Å². The van der Waals surface area contributed by atoms with E-state index in [1.165, 1.54) is 39.0 Å². The summed E-state index contributed by atoms with van der Waals surface area (Å²) in [5, 5.41) is 3.80. The Kier molecular flexibility index (Phi) is 4.91. The molecule has 0 spiro atoms. The molecule has 19 heavy (non-hydrogen) atoms. The van der Waals surface area contributed by atoms with Gasteiger partial charge in [-0.25, -0.2) is 0 Å². The highest BCUT2D eigenvalue weighted by Crippen LogP contribution is 2.33. The molecule has 112 valence electrons. The highest BCUT2D eigenvalue weighted by Gasteiger charge is 2.34. The Bertz CT molecular complexity index is 274. The fourth-order valence-corrected chi connectivity index (χ4v) is 3.29. The monoisotopic (exact) mass is 267 g/mol. The van der Waals surface area contributed by atoms with Crippen LogP contribution in [0.25, 0.3) is 0 Å². The van der Waals surface area contributed by atoms with Crippen LogP contribution < -0.4 is 5.32 Å². The lowest BCUT2D eigenvalue weighted by molar-refractivity contribution is 0.0534. The summed E-state index contributed by atoms with van der Waals surface area (Å²) in [5.41, 5.74) is 0.296. The maximum absolute atomic E-state index is 3.80. The summed E-state index contributed by atoms with van der Waals surface area (Å²) >= 11 is 0. The predicted molar refractivity (Wildman–Crippen MR) is 82.5 cm³/mol. The van der Waals surface area contributed by atoms with Crippen LogP contribution in [0.1, 0.15) is 40.5 Å². The van der Waals surface area contributed by atoms with Gasteiger partial charge in [0.15, 0.2) is 0 Å². The van der Waals surface area contributed by atoms with Crippen molar-refractivity contribution in [2.45, 2.75) is 52.1 Å². The van der Waals surface area contributed by atoms with Gasteiger partial charge in [0, 0.05) is 44.3 Å². The molecule has 0 radical (unpaired) electrons. The van der Waals surface area contributed by atoms with Crippen LogP contribution in [-0.4, -0.2) is 61.2 Å². The molecule has 1 aliphatic carbocycles. The fourth-order valence-electron chi connectivity index (χ4n) is 3.29. The first-order valence-electron chi connectivity index (χ1n) is 8.05. The van der Waals surface area contributed by atoms with Gasteiger partial charge in [0.05, 0.1) is 0 Å². The van der Waals surface area contributed by atoms with E-state index in [-0.39, 0.29) is 0 Å². The lowest BCUT2D eigenvalue weighted by Gasteiger charge is -2.46. The van der Waals surface area contributed by atoms with Crippen molar-refractivity contribution in [1.82, 2.24) is 15.1 Å². The molecule has 1 aliphatic heterocycles. The summed E-state index contributed by atoms with van der Waals surface area (Å²) in [6.45, 7) is 15.5. The van der Waals surface area contributed by atoms with Gasteiger partial charge in [-0.3, -0.25) is 4.90 Å². The van der Waals surface area contributed by atoms with Gasteiger partial charge in [0.2, 0.25) is 0 Å². The average Bonchev–Trinajstić information content (AvgIpc) is 2.26. The number of hydrogen-bond donors (Lipinski definition) is 1. The minimum Gasteiger partial charge on any atom is -0.312 e. The first-order chi connectivity index (χ1) is 8.88. The molecule has 3 nitrogen and oxygen atoms in total. The molecule has 0 aromatic rings. The summed E-state index contributed by atoms with van der Waals surface area (Å²) in [5.74, 6) is 1.83. The Morgan fingerprint density at radius 2 is 1.68 bits per heavy atom. The summed E-state index contributed by atoms with van der Waals surface area (Å²) in [7, 11) is 2.23. The molecule has 0 bridgehead atoms. The van der Waals surface area contributed by atoms with Crippen LogP contribution >= 0.6 is 0 Å². The third-order valence-corrected chi connectivity index (χ3v) is 5.30. The molecule has 1 heterocycles. The van der Waals surface area contributed by atoms with E-state index >= 15 is 0 Å². The van der Waals surface area contributed by atoms with Crippen LogP contribution in [-0.2, 0) is 0 Å². The Morgan fingerprint density at radius 3 is 2.21 bits per heavy atom. The molecule has 2 rings (SSSR count). The molecule has 2 fully saturated rings. The number of nitrogens with one attached hydrogen (secondary N) is 1. The van der Waals surface area contributed by atoms with Crippen LogP contribution in [0.4, 0.5) is 0 Å². The number of likely N-dealkylation sites (N-methyl/N-ethyl adjacent to an activating group) is 1. The van der Waals surface area contributed by atoms with Gasteiger partial charge < -0.3 is 10.2 Å². The number of nitrogens with zero attached hydrogens (tertiary/aromatic N) is 2. The van der Waals surface area contributed by atoms with Crippen molar-refractivity contribution in [2.24, 2.45) is 11.8 Å². The molecule has 2 aliphatic rings. The molecule has 0 aromatic heterocycles. The maximum Gasteiger partial charge on any atom is 0.0278 e. The first-order valence-corrected chi connectivity index (χ1v) is 8.05.